The normalized spacial score (nSPS) is 40.5. The zero-order valence-corrected chi connectivity index (χ0v) is 27.5. The smallest absolute Gasteiger partial charge is 0.189 e. The number of hydrogen-bond donors (Lipinski definition) is 4. The number of benzene rings is 1. The van der Waals surface area contributed by atoms with Crippen molar-refractivity contribution < 1.29 is 25.2 Å². The first-order chi connectivity index (χ1) is 21.5. The lowest BCUT2D eigenvalue weighted by atomic mass is 9.32. The summed E-state index contributed by atoms with van der Waals surface area (Å²) in [7, 11) is 0. The molecule has 0 saturated heterocycles. The molecule has 0 amide bonds. The molecule has 1 aromatic carbocycles. The van der Waals surface area contributed by atoms with E-state index in [1.807, 2.05) is 36.4 Å². The summed E-state index contributed by atoms with van der Waals surface area (Å²) in [6.07, 6.45) is 12.2. The zero-order chi connectivity index (χ0) is 31.7. The minimum absolute atomic E-state index is 0.0680. The maximum atomic E-state index is 14.6. The summed E-state index contributed by atoms with van der Waals surface area (Å²) in [5.41, 5.74) is -0.789. The molecule has 0 radical (unpaired) electrons. The predicted octanol–water partition coefficient (Wildman–Crippen LogP) is 5.42. The summed E-state index contributed by atoms with van der Waals surface area (Å²) in [4.78, 5) is 18.0. The van der Waals surface area contributed by atoms with E-state index in [1.54, 1.807) is 11.3 Å². The average molecular weight is 632 g/mol. The number of allylic oxidation sites excluding steroid dienone is 4. The van der Waals surface area contributed by atoms with Gasteiger partial charge in [-0.2, -0.15) is 0 Å². The molecule has 1 heterocycles. The van der Waals surface area contributed by atoms with Gasteiger partial charge in [-0.15, -0.1) is 11.3 Å². The van der Waals surface area contributed by atoms with E-state index in [1.165, 1.54) is 4.88 Å². The van der Waals surface area contributed by atoms with Crippen LogP contribution in [0.3, 0.4) is 0 Å². The molecular formula is C38H49NO5S. The van der Waals surface area contributed by atoms with E-state index >= 15 is 0 Å². The van der Waals surface area contributed by atoms with Gasteiger partial charge in [-0.25, -0.2) is 0 Å². The Bertz CT molecular complexity index is 1470. The highest BCUT2D eigenvalue weighted by molar-refractivity contribution is 7.09. The number of ketones is 1. The number of aliphatic hydroxyl groups is 4. The van der Waals surface area contributed by atoms with Crippen molar-refractivity contribution in [2.75, 3.05) is 26.2 Å². The van der Waals surface area contributed by atoms with Crippen LogP contribution in [0.25, 0.3) is 0 Å². The topological polar surface area (TPSA) is 101 Å². The van der Waals surface area contributed by atoms with Gasteiger partial charge in [0.1, 0.15) is 0 Å². The monoisotopic (exact) mass is 631 g/mol. The fourth-order valence-corrected chi connectivity index (χ4v) is 11.7. The molecule has 6 aliphatic carbocycles. The van der Waals surface area contributed by atoms with E-state index in [4.69, 9.17) is 0 Å². The molecule has 0 aliphatic heterocycles. The van der Waals surface area contributed by atoms with Crippen LogP contribution in [-0.2, 0) is 6.42 Å². The molecule has 3 fully saturated rings. The summed E-state index contributed by atoms with van der Waals surface area (Å²) < 4.78 is 0. The molecule has 7 heteroatoms. The van der Waals surface area contributed by atoms with Crippen LogP contribution in [0.4, 0.5) is 0 Å². The van der Waals surface area contributed by atoms with Crippen molar-refractivity contribution in [2.45, 2.75) is 83.0 Å². The van der Waals surface area contributed by atoms with Gasteiger partial charge in [0.15, 0.2) is 5.78 Å². The highest BCUT2D eigenvalue weighted by Crippen LogP contribution is 2.78. The minimum Gasteiger partial charge on any atom is -0.394 e. The summed E-state index contributed by atoms with van der Waals surface area (Å²) in [6, 6.07) is 13.8. The lowest BCUT2D eigenvalue weighted by Gasteiger charge is -2.71. The molecule has 2 aromatic rings. The van der Waals surface area contributed by atoms with Crippen LogP contribution in [0, 0.1) is 33.5 Å². The second-order valence-electron chi connectivity index (χ2n) is 15.4. The van der Waals surface area contributed by atoms with Crippen LogP contribution in [0.5, 0.6) is 0 Å². The second-order valence-corrected chi connectivity index (χ2v) is 16.4. The van der Waals surface area contributed by atoms with Crippen LogP contribution < -0.4 is 0 Å². The van der Waals surface area contributed by atoms with Crippen molar-refractivity contribution in [3.8, 4) is 0 Å². The highest BCUT2D eigenvalue weighted by atomic mass is 32.1. The molecule has 9 unspecified atom stereocenters. The maximum Gasteiger partial charge on any atom is 0.189 e. The van der Waals surface area contributed by atoms with E-state index in [2.05, 4.69) is 48.4 Å². The first kappa shape index (κ1) is 31.5. The standard InChI is InChI=1S/C38H49NO5S/c1-34-14-10-27(41)21-36(34)17-18-38(30(22-36)33(43)26-7-4-3-5-8-26)31(34)11-15-35(2)32(38)12-16-37(35,44)25-39(23-28(42)24-40)19-13-29-9-6-20-45-29/h3-9,17-18,20,22,27-28,31-32,40-42,44H,10-16,19,21,23-25H2,1-2H3. The quantitative estimate of drug-likeness (QED) is 0.207. The molecule has 6 nitrogen and oxygen atoms in total. The van der Waals surface area contributed by atoms with Gasteiger partial charge in [0.05, 0.1) is 24.4 Å². The average Bonchev–Trinajstić information content (AvgIpc) is 3.65. The Labute approximate surface area is 271 Å². The Morgan fingerprint density at radius 1 is 1.00 bits per heavy atom. The molecule has 45 heavy (non-hydrogen) atoms. The molecule has 3 saturated carbocycles. The number of carbonyl (C=O) groups excluding carboxylic acids is 1. The number of fused-ring (bicyclic) bond motifs is 1. The molecule has 242 valence electrons. The zero-order valence-electron chi connectivity index (χ0n) is 26.7. The van der Waals surface area contributed by atoms with Crippen molar-refractivity contribution in [3.63, 3.8) is 0 Å². The number of rotatable bonds is 10. The first-order valence-electron chi connectivity index (χ1n) is 17.0. The van der Waals surface area contributed by atoms with Gasteiger partial charge in [0, 0.05) is 51.9 Å². The molecule has 2 spiro atoms. The van der Waals surface area contributed by atoms with Crippen molar-refractivity contribution in [1.29, 1.82) is 0 Å². The molecule has 6 aliphatic rings. The summed E-state index contributed by atoms with van der Waals surface area (Å²) in [6.45, 7) is 5.78. The maximum absolute atomic E-state index is 14.6. The number of hydrogen-bond acceptors (Lipinski definition) is 7. The molecule has 4 N–H and O–H groups in total. The Kier molecular flexibility index (Phi) is 7.86. The predicted molar refractivity (Wildman–Crippen MR) is 177 cm³/mol. The van der Waals surface area contributed by atoms with Gasteiger partial charge < -0.3 is 20.4 Å². The third-order valence-corrected chi connectivity index (χ3v) is 14.3. The fourth-order valence-electron chi connectivity index (χ4n) is 11.0. The highest BCUT2D eigenvalue weighted by Gasteiger charge is 2.74. The third-order valence-electron chi connectivity index (χ3n) is 13.4. The summed E-state index contributed by atoms with van der Waals surface area (Å²) in [5, 5.41) is 46.0. The van der Waals surface area contributed by atoms with Crippen molar-refractivity contribution in [2.24, 2.45) is 33.5 Å². The van der Waals surface area contributed by atoms with Gasteiger partial charge in [-0.05, 0) is 80.1 Å². The Hall–Kier alpha value is -2.13. The lowest BCUT2D eigenvalue weighted by Crippen LogP contribution is -2.67. The number of aliphatic hydroxyl groups excluding tert-OH is 3. The van der Waals surface area contributed by atoms with E-state index < -0.39 is 22.5 Å². The van der Waals surface area contributed by atoms with Gasteiger partial charge in [-0.3, -0.25) is 9.69 Å². The summed E-state index contributed by atoms with van der Waals surface area (Å²) in [5.74, 6) is 0.407. The number of Topliss-reactive ketones (excluding diaryl/α,β-unsaturated/α-hetero) is 1. The van der Waals surface area contributed by atoms with Crippen molar-refractivity contribution >= 4 is 17.1 Å². The van der Waals surface area contributed by atoms with Gasteiger partial charge in [0.2, 0.25) is 0 Å². The lowest BCUT2D eigenvalue weighted by molar-refractivity contribution is -0.177. The first-order valence-corrected chi connectivity index (χ1v) is 17.9. The van der Waals surface area contributed by atoms with Crippen LogP contribution in [0.2, 0.25) is 0 Å². The molecule has 9 atom stereocenters. The van der Waals surface area contributed by atoms with Gasteiger partial charge in [0.25, 0.3) is 0 Å². The Balaban J connectivity index is 1.28. The largest absolute Gasteiger partial charge is 0.394 e. The van der Waals surface area contributed by atoms with E-state index in [9.17, 15) is 25.2 Å². The molecule has 2 bridgehead atoms. The minimum atomic E-state index is -1.01. The van der Waals surface area contributed by atoms with E-state index in [0.717, 1.165) is 44.1 Å². The Morgan fingerprint density at radius 2 is 1.73 bits per heavy atom. The molecule has 8 rings (SSSR count). The number of nitrogens with zero attached hydrogens (tertiary/aromatic N) is 1. The van der Waals surface area contributed by atoms with Crippen molar-refractivity contribution in [1.82, 2.24) is 4.90 Å². The number of thiophene rings is 1. The Morgan fingerprint density at radius 3 is 2.47 bits per heavy atom. The summed E-state index contributed by atoms with van der Waals surface area (Å²) >= 11 is 1.71. The van der Waals surface area contributed by atoms with Crippen molar-refractivity contribution in [3.05, 3.63) is 82.1 Å². The van der Waals surface area contributed by atoms with Gasteiger partial charge in [-0.1, -0.05) is 68.5 Å². The van der Waals surface area contributed by atoms with Gasteiger partial charge >= 0.3 is 0 Å². The number of carbonyl (C=O) groups is 1. The SMILES string of the molecule is CC12CCC(O)CC13C=CC1(C(C(=O)c4ccccc4)=C3)C2CCC2(C)C1CCC2(O)CN(CCc1cccs1)CC(O)CO. The van der Waals surface area contributed by atoms with Crippen LogP contribution in [0.15, 0.2) is 71.6 Å². The third kappa shape index (κ3) is 4.63. The molecular weight excluding hydrogens is 582 g/mol. The fraction of sp³-hybridized carbons (Fsp3) is 0.605. The van der Waals surface area contributed by atoms with E-state index in [-0.39, 0.29) is 41.2 Å². The van der Waals surface area contributed by atoms with Crippen LogP contribution >= 0.6 is 11.3 Å². The van der Waals surface area contributed by atoms with Crippen LogP contribution in [0.1, 0.15) is 74.0 Å². The van der Waals surface area contributed by atoms with E-state index in [0.29, 0.717) is 38.0 Å². The molecule has 1 aromatic heterocycles. The second kappa shape index (κ2) is 11.2. The van der Waals surface area contributed by atoms with Crippen LogP contribution in [-0.4, -0.2) is 75.2 Å².